The van der Waals surface area contributed by atoms with Gasteiger partial charge in [0, 0.05) is 6.04 Å². The minimum Gasteiger partial charge on any atom is -0.352 e. The van der Waals surface area contributed by atoms with Crippen molar-refractivity contribution < 1.29 is 4.79 Å². The van der Waals surface area contributed by atoms with Crippen LogP contribution in [0.15, 0.2) is 0 Å². The third-order valence-electron chi connectivity index (χ3n) is 9.70. The van der Waals surface area contributed by atoms with Crippen LogP contribution in [-0.2, 0) is 4.79 Å². The van der Waals surface area contributed by atoms with Crippen molar-refractivity contribution in [2.75, 3.05) is 13.6 Å². The molecule has 3 heteroatoms. The van der Waals surface area contributed by atoms with Gasteiger partial charge in [0.2, 0.25) is 5.91 Å². The van der Waals surface area contributed by atoms with Crippen LogP contribution < -0.4 is 5.32 Å². The number of carbonyl (C=O) groups is 1. The molecule has 4 unspecified atom stereocenters. The number of hydrogen-bond acceptors (Lipinski definition) is 2. The maximum atomic E-state index is 13.1. The third-order valence-corrected chi connectivity index (χ3v) is 9.70. The quantitative estimate of drug-likeness (QED) is 0.119. The number of carbonyl (C=O) groups excluding carboxylic acids is 1. The van der Waals surface area contributed by atoms with E-state index in [9.17, 15) is 4.79 Å². The first-order chi connectivity index (χ1) is 18.7. The summed E-state index contributed by atoms with van der Waals surface area (Å²) in [5.74, 6) is 2.46. The van der Waals surface area contributed by atoms with Crippen LogP contribution in [0.5, 0.6) is 0 Å². The molecule has 2 aliphatic rings. The fourth-order valence-electron chi connectivity index (χ4n) is 6.87. The topological polar surface area (TPSA) is 32.3 Å². The van der Waals surface area contributed by atoms with E-state index in [4.69, 9.17) is 0 Å². The zero-order valence-electron chi connectivity index (χ0n) is 26.3. The van der Waals surface area contributed by atoms with Gasteiger partial charge in [-0.05, 0) is 57.5 Å². The first-order valence-corrected chi connectivity index (χ1v) is 17.7. The normalized spacial score (nSPS) is 22.4. The maximum Gasteiger partial charge on any atom is 0.237 e. The number of nitrogens with one attached hydrogen (secondary N) is 1. The Morgan fingerprint density at radius 3 is 1.66 bits per heavy atom. The lowest BCUT2D eigenvalue weighted by Gasteiger charge is -2.32. The average molecular weight is 533 g/mol. The summed E-state index contributed by atoms with van der Waals surface area (Å²) < 4.78 is 0. The Bertz CT molecular complexity index is 564. The van der Waals surface area contributed by atoms with E-state index >= 15 is 0 Å². The van der Waals surface area contributed by atoms with Gasteiger partial charge in [0.05, 0.1) is 6.04 Å². The standard InChI is InChI=1S/C35H68N2O/c1-4-6-8-10-12-16-20-26-33(36-35(38)34-28-22-23-29-37(34)3)27-21-17-13-15-19-25-32-30-31(32)24-18-14-11-9-7-5-2/h31-34H,4-30H2,1-3H3,(H,36,38). The predicted octanol–water partition coefficient (Wildman–Crippen LogP) is 10.2. The van der Waals surface area contributed by atoms with Crippen LogP contribution >= 0.6 is 0 Å². The molecule has 0 bridgehead atoms. The van der Waals surface area contributed by atoms with Crippen molar-refractivity contribution in [3.63, 3.8) is 0 Å². The largest absolute Gasteiger partial charge is 0.352 e. The van der Waals surface area contributed by atoms with Gasteiger partial charge in [-0.15, -0.1) is 0 Å². The Labute approximate surface area is 239 Å². The number of piperidine rings is 1. The van der Waals surface area contributed by atoms with Crippen molar-refractivity contribution in [2.24, 2.45) is 11.8 Å². The SMILES string of the molecule is CCCCCCCCCC(CCCCCCCC1CC1CCCCCCCC)NC(=O)C1CCCCN1C. The Kier molecular flexibility index (Phi) is 19.6. The van der Waals surface area contributed by atoms with E-state index in [0.717, 1.165) is 24.8 Å². The molecule has 0 spiro atoms. The van der Waals surface area contributed by atoms with Crippen molar-refractivity contribution in [3.8, 4) is 0 Å². The zero-order valence-corrected chi connectivity index (χ0v) is 26.3. The molecule has 1 saturated heterocycles. The fraction of sp³-hybridized carbons (Fsp3) is 0.971. The average Bonchev–Trinajstić information content (AvgIpc) is 3.67. The summed E-state index contributed by atoms with van der Waals surface area (Å²) in [7, 11) is 2.13. The van der Waals surface area contributed by atoms with Gasteiger partial charge in [-0.1, -0.05) is 149 Å². The number of likely N-dealkylation sites (N-methyl/N-ethyl adjacent to an activating group) is 1. The molecule has 1 saturated carbocycles. The molecule has 0 radical (unpaired) electrons. The molecule has 0 aromatic heterocycles. The number of hydrogen-bond donors (Lipinski definition) is 1. The van der Waals surface area contributed by atoms with Crippen LogP contribution in [0.1, 0.15) is 181 Å². The van der Waals surface area contributed by atoms with Crippen molar-refractivity contribution in [2.45, 2.75) is 193 Å². The number of rotatable bonds is 25. The van der Waals surface area contributed by atoms with Gasteiger partial charge >= 0.3 is 0 Å². The Morgan fingerprint density at radius 2 is 1.16 bits per heavy atom. The first-order valence-electron chi connectivity index (χ1n) is 17.7. The third kappa shape index (κ3) is 15.9. The summed E-state index contributed by atoms with van der Waals surface area (Å²) in [6.45, 7) is 5.67. The molecule has 0 aromatic rings. The second kappa shape index (κ2) is 22.2. The minimum absolute atomic E-state index is 0.104. The highest BCUT2D eigenvalue weighted by molar-refractivity contribution is 5.82. The first kappa shape index (κ1) is 33.6. The van der Waals surface area contributed by atoms with Crippen molar-refractivity contribution >= 4 is 5.91 Å². The summed E-state index contributed by atoms with van der Waals surface area (Å²) in [6.07, 6.45) is 35.4. The van der Waals surface area contributed by atoms with Crippen molar-refractivity contribution in [1.82, 2.24) is 10.2 Å². The van der Waals surface area contributed by atoms with E-state index in [1.807, 2.05) is 0 Å². The maximum absolute atomic E-state index is 13.1. The van der Waals surface area contributed by atoms with Gasteiger partial charge in [-0.25, -0.2) is 0 Å². The predicted molar refractivity (Wildman–Crippen MR) is 167 cm³/mol. The van der Waals surface area contributed by atoms with Gasteiger partial charge in [0.25, 0.3) is 0 Å². The molecule has 1 heterocycles. The van der Waals surface area contributed by atoms with Crippen molar-refractivity contribution in [3.05, 3.63) is 0 Å². The second-order valence-corrected chi connectivity index (χ2v) is 13.3. The summed E-state index contributed by atoms with van der Waals surface area (Å²) in [6, 6.07) is 0.496. The van der Waals surface area contributed by atoms with Crippen LogP contribution in [0.2, 0.25) is 0 Å². The van der Waals surface area contributed by atoms with Gasteiger partial charge in [0.15, 0.2) is 0 Å². The van der Waals surface area contributed by atoms with Crippen LogP contribution in [0.4, 0.5) is 0 Å². The molecule has 0 aromatic carbocycles. The molecule has 1 amide bonds. The van der Waals surface area contributed by atoms with Crippen LogP contribution in [0.25, 0.3) is 0 Å². The van der Waals surface area contributed by atoms with E-state index < -0.39 is 0 Å². The molecular formula is C35H68N2O. The lowest BCUT2D eigenvalue weighted by Crippen LogP contribution is -2.50. The Balaban J connectivity index is 1.53. The molecule has 224 valence electrons. The zero-order chi connectivity index (χ0) is 27.3. The number of nitrogens with zero attached hydrogens (tertiary/aromatic N) is 1. The lowest BCUT2D eigenvalue weighted by atomic mass is 9.98. The Hall–Kier alpha value is -0.570. The summed E-state index contributed by atoms with van der Waals surface area (Å²) in [5.41, 5.74) is 0. The summed E-state index contributed by atoms with van der Waals surface area (Å²) in [5, 5.41) is 3.51. The molecule has 3 nitrogen and oxygen atoms in total. The van der Waals surface area contributed by atoms with Crippen LogP contribution in [0.3, 0.4) is 0 Å². The number of amides is 1. The van der Waals surface area contributed by atoms with Crippen LogP contribution in [-0.4, -0.2) is 36.5 Å². The van der Waals surface area contributed by atoms with E-state index in [1.54, 1.807) is 0 Å². The monoisotopic (exact) mass is 533 g/mol. The summed E-state index contributed by atoms with van der Waals surface area (Å²) >= 11 is 0. The van der Waals surface area contributed by atoms with E-state index in [2.05, 4.69) is 31.1 Å². The van der Waals surface area contributed by atoms with Gasteiger partial charge in [-0.3, -0.25) is 9.69 Å². The highest BCUT2D eigenvalue weighted by Gasteiger charge is 2.35. The molecule has 38 heavy (non-hydrogen) atoms. The smallest absolute Gasteiger partial charge is 0.237 e. The molecule has 2 fully saturated rings. The highest BCUT2D eigenvalue weighted by Crippen LogP contribution is 2.45. The fourth-order valence-corrected chi connectivity index (χ4v) is 6.87. The van der Waals surface area contributed by atoms with E-state index in [-0.39, 0.29) is 6.04 Å². The number of likely N-dealkylation sites (tertiary alicyclic amines) is 1. The molecule has 2 rings (SSSR count). The van der Waals surface area contributed by atoms with Crippen molar-refractivity contribution in [1.29, 1.82) is 0 Å². The highest BCUT2D eigenvalue weighted by atomic mass is 16.2. The van der Waals surface area contributed by atoms with Gasteiger partial charge in [-0.2, -0.15) is 0 Å². The molecular weight excluding hydrogens is 464 g/mol. The minimum atomic E-state index is 0.104. The van der Waals surface area contributed by atoms with Crippen LogP contribution in [0, 0.1) is 11.8 Å². The molecule has 1 aliphatic heterocycles. The molecule has 1 aliphatic carbocycles. The molecule has 1 N–H and O–H groups in total. The van der Waals surface area contributed by atoms with E-state index in [0.29, 0.717) is 11.9 Å². The number of unbranched alkanes of at least 4 members (excludes halogenated alkanes) is 15. The molecule has 4 atom stereocenters. The van der Waals surface area contributed by atoms with E-state index in [1.165, 1.54) is 161 Å². The Morgan fingerprint density at radius 1 is 0.684 bits per heavy atom. The second-order valence-electron chi connectivity index (χ2n) is 13.3. The van der Waals surface area contributed by atoms with Gasteiger partial charge in [0.1, 0.15) is 0 Å². The van der Waals surface area contributed by atoms with Gasteiger partial charge < -0.3 is 5.32 Å². The lowest BCUT2D eigenvalue weighted by molar-refractivity contribution is -0.127. The summed E-state index contributed by atoms with van der Waals surface area (Å²) in [4.78, 5) is 15.3.